The van der Waals surface area contributed by atoms with Crippen molar-refractivity contribution in [3.05, 3.63) is 82.4 Å². The van der Waals surface area contributed by atoms with Crippen LogP contribution >= 0.6 is 12.2 Å². The number of nitrogens with two attached hydrogens (primary N) is 1. The minimum absolute atomic E-state index is 0.0559. The third kappa shape index (κ3) is 17.9. The molecule has 7 rings (SSSR count). The summed E-state index contributed by atoms with van der Waals surface area (Å²) in [5, 5.41) is 91.1. The molecule has 0 unspecified atom stereocenters. The Labute approximate surface area is 499 Å². The number of allylic oxidation sites excluding steroid dienone is 2. The van der Waals surface area contributed by atoms with Crippen molar-refractivity contribution in [3.8, 4) is 23.0 Å². The number of aryl methyl sites for hydroxylation is 1. The van der Waals surface area contributed by atoms with Crippen LogP contribution in [0, 0.1) is 30.6 Å². The number of ketones is 1. The van der Waals surface area contributed by atoms with Gasteiger partial charge in [-0.15, -0.1) is 0 Å². The van der Waals surface area contributed by atoms with E-state index in [1.165, 1.54) is 59.4 Å². The normalized spacial score (nSPS) is 26.3. The molecule has 1 aromatic heterocycles. The number of carbonyl (C=O) groups excluding carboxylic acids is 3. The number of fused-ring (bicyclic) bond motifs is 14. The van der Waals surface area contributed by atoms with Crippen LogP contribution in [0.15, 0.2) is 59.6 Å². The monoisotopic (exact) mass is 1190 g/mol. The van der Waals surface area contributed by atoms with Crippen LogP contribution in [-0.2, 0) is 30.2 Å². The van der Waals surface area contributed by atoms with Gasteiger partial charge in [0.2, 0.25) is 0 Å². The Morgan fingerprint density at radius 1 is 0.940 bits per heavy atom. The van der Waals surface area contributed by atoms with Crippen molar-refractivity contribution >= 4 is 57.5 Å². The van der Waals surface area contributed by atoms with Crippen LogP contribution in [0.2, 0.25) is 0 Å². The summed E-state index contributed by atoms with van der Waals surface area (Å²) in [6.45, 7) is 23.3. The van der Waals surface area contributed by atoms with Gasteiger partial charge in [-0.3, -0.25) is 24.4 Å². The number of aromatic nitrogens is 1. The number of benzene rings is 2. The van der Waals surface area contributed by atoms with Crippen LogP contribution in [0.3, 0.4) is 0 Å². The molecule has 3 aromatic rings. The molecule has 1 fully saturated rings. The van der Waals surface area contributed by atoms with Gasteiger partial charge in [0, 0.05) is 130 Å². The van der Waals surface area contributed by atoms with E-state index < -0.39 is 88.8 Å². The molecule has 23 heteroatoms. The van der Waals surface area contributed by atoms with Crippen molar-refractivity contribution in [2.75, 3.05) is 72.0 Å². The Hall–Kier alpha value is -6.28. The van der Waals surface area contributed by atoms with Crippen molar-refractivity contribution in [3.63, 3.8) is 0 Å². The number of thiocarbonyl (C=S) groups is 1. The van der Waals surface area contributed by atoms with E-state index in [4.69, 9.17) is 47.1 Å². The molecular weight excluding hydrogens is 1100 g/mol. The number of rotatable bonds is 15. The number of pyridine rings is 1. The van der Waals surface area contributed by atoms with Crippen LogP contribution in [0.5, 0.6) is 23.0 Å². The van der Waals surface area contributed by atoms with Crippen molar-refractivity contribution in [2.24, 2.45) is 34.5 Å². The highest BCUT2D eigenvalue weighted by Crippen LogP contribution is 2.55. The fourth-order valence-corrected chi connectivity index (χ4v) is 10.1. The van der Waals surface area contributed by atoms with Crippen molar-refractivity contribution in [1.29, 1.82) is 0 Å². The maximum Gasteiger partial charge on any atom is 0.312 e. The van der Waals surface area contributed by atoms with Gasteiger partial charge in [-0.05, 0) is 58.4 Å². The summed E-state index contributed by atoms with van der Waals surface area (Å²) < 4.78 is 23.6. The van der Waals surface area contributed by atoms with Crippen LogP contribution in [-0.4, -0.2) is 188 Å². The standard InChI is InChI=1S/C43H58N4O12.C10H24N2O2.C8H10N2S/c1-21-12-11-13-22(2)42(55)45-33-28(20-44-47-17-15-46(9)16-18-47)37(52)30-31(38(33)53)36(51)26(6)40-32(30)41(54)43(8,59-40)57-19-14-29(56-10)23(3)39(58-27(7)48)25(5)35(50)24(4)34(21)49;1-3-9(7-13)11-5-6-12-10(4-2)8-14;1-2-7-5-6(8(9)11)3-4-10-7/h11-14,19-21,23-25,29,34-35,39,49-53H,15-18H2,1-10H3,(H,45,55);9-14H,3-8H2,1-2H3;3-5H,2H2,1H3,(H2,9,11)/b12-11+,19-14+,22-13-,44-20+;;/t21-,23+,24+,25+,29-,34-,35+,39+,43-;9-,10-;/m00./s1. The first-order valence-corrected chi connectivity index (χ1v) is 29.1. The van der Waals surface area contributed by atoms with Gasteiger partial charge in [0.15, 0.2) is 5.75 Å². The zero-order valence-electron chi connectivity index (χ0n) is 51.0. The van der Waals surface area contributed by atoms with Gasteiger partial charge < -0.3 is 81.3 Å². The topological polar surface area (TPSA) is 324 Å². The summed E-state index contributed by atoms with van der Waals surface area (Å²) in [5.41, 5.74) is 7.01. The lowest BCUT2D eigenvalue weighted by atomic mass is 9.78. The second kappa shape index (κ2) is 32.8. The molecule has 5 heterocycles. The number of hydrazone groups is 1. The number of aliphatic hydroxyl groups is 4. The average molecular weight is 1190 g/mol. The molecule has 1 saturated heterocycles. The fourth-order valence-electron chi connectivity index (χ4n) is 9.98. The molecule has 22 nitrogen and oxygen atoms in total. The average Bonchev–Trinajstić information content (AvgIpc) is 1.48. The number of nitrogens with one attached hydrogen (secondary N) is 3. The first kappa shape index (κ1) is 70.2. The van der Waals surface area contributed by atoms with E-state index in [0.717, 1.165) is 56.7 Å². The number of esters is 1. The molecule has 1 amide bonds. The lowest BCUT2D eigenvalue weighted by molar-refractivity contribution is -0.160. The number of Topliss-reactive ketones (excluding diaryl/α,β-unsaturated/α-hetero) is 1. The third-order valence-corrected chi connectivity index (χ3v) is 16.0. The van der Waals surface area contributed by atoms with E-state index in [1.54, 1.807) is 51.1 Å². The summed E-state index contributed by atoms with van der Waals surface area (Å²) in [4.78, 5) is 47.2. The van der Waals surface area contributed by atoms with E-state index in [1.807, 2.05) is 40.0 Å². The second-order valence-electron chi connectivity index (χ2n) is 21.9. The van der Waals surface area contributed by atoms with Gasteiger partial charge in [0.25, 0.3) is 11.7 Å². The van der Waals surface area contributed by atoms with Gasteiger partial charge in [0.1, 0.15) is 28.3 Å². The van der Waals surface area contributed by atoms with Crippen molar-refractivity contribution in [1.82, 2.24) is 25.5 Å². The lowest BCUT2D eigenvalue weighted by Gasteiger charge is -2.38. The number of piperazine rings is 1. The number of aromatic hydroxyl groups is 3. The maximum atomic E-state index is 14.4. The minimum Gasteiger partial charge on any atom is -0.507 e. The predicted molar refractivity (Wildman–Crippen MR) is 328 cm³/mol. The summed E-state index contributed by atoms with van der Waals surface area (Å²) in [7, 11) is 3.42. The summed E-state index contributed by atoms with van der Waals surface area (Å²) in [5.74, 6) is -8.34. The molecule has 0 aliphatic carbocycles. The summed E-state index contributed by atoms with van der Waals surface area (Å²) in [6, 6.07) is 4.14. The Balaban J connectivity index is 0.000000497. The number of phenols is 3. The highest BCUT2D eigenvalue weighted by atomic mass is 32.1. The number of nitrogens with zero attached hydrogens (tertiary/aromatic N) is 4. The van der Waals surface area contributed by atoms with E-state index in [9.17, 15) is 39.9 Å². The van der Waals surface area contributed by atoms with Gasteiger partial charge in [-0.25, -0.2) is 0 Å². The Morgan fingerprint density at radius 3 is 2.11 bits per heavy atom. The quantitative estimate of drug-likeness (QED) is 0.0229. The molecule has 0 saturated carbocycles. The van der Waals surface area contributed by atoms with Gasteiger partial charge in [-0.1, -0.05) is 78.9 Å². The highest BCUT2D eigenvalue weighted by molar-refractivity contribution is 7.80. The van der Waals surface area contributed by atoms with E-state index in [2.05, 4.69) is 30.9 Å². The molecular formula is C61H92N8O14S. The molecule has 5 bridgehead atoms. The number of carbonyl (C=O) groups is 3. The molecule has 11 atom stereocenters. The summed E-state index contributed by atoms with van der Waals surface area (Å²) in [6.07, 6.45) is 9.38. The number of hydrogen-bond acceptors (Lipinski definition) is 21. The smallest absolute Gasteiger partial charge is 0.312 e. The molecule has 84 heavy (non-hydrogen) atoms. The van der Waals surface area contributed by atoms with Crippen molar-refractivity contribution in [2.45, 2.75) is 138 Å². The van der Waals surface area contributed by atoms with E-state index in [-0.39, 0.29) is 69.8 Å². The van der Waals surface area contributed by atoms with Crippen LogP contribution in [0.25, 0.3) is 10.8 Å². The number of ether oxygens (including phenoxy) is 4. The Kier molecular flexibility index (Phi) is 27.5. The van der Waals surface area contributed by atoms with Crippen LogP contribution in [0.1, 0.15) is 115 Å². The zero-order valence-corrected chi connectivity index (χ0v) is 51.8. The van der Waals surface area contributed by atoms with Gasteiger partial charge >= 0.3 is 11.8 Å². The Bertz CT molecular complexity index is 2820. The number of hydrogen-bond donors (Lipinski definition) is 11. The lowest BCUT2D eigenvalue weighted by Crippen LogP contribution is -2.46. The molecule has 12 N–H and O–H groups in total. The zero-order chi connectivity index (χ0) is 62.7. The maximum absolute atomic E-state index is 14.4. The molecule has 4 aliphatic heterocycles. The number of amides is 1. The number of methoxy groups -OCH3 is 1. The number of anilines is 1. The second-order valence-corrected chi connectivity index (χ2v) is 22.3. The molecule has 0 radical (unpaired) electrons. The highest BCUT2D eigenvalue weighted by Gasteiger charge is 2.50. The molecule has 4 aliphatic rings. The van der Waals surface area contributed by atoms with Crippen LogP contribution < -0.4 is 26.4 Å². The van der Waals surface area contributed by atoms with E-state index in [0.29, 0.717) is 18.1 Å². The third-order valence-electron chi connectivity index (χ3n) is 15.7. The summed E-state index contributed by atoms with van der Waals surface area (Å²) >= 11 is 4.82. The number of likely N-dealkylation sites (N-methyl/N-ethyl adjacent to an activating group) is 1. The number of phenolic OH excluding ortho intramolecular Hbond substituents is 3. The predicted octanol–water partition coefficient (Wildman–Crippen LogP) is 5.32. The first-order valence-electron chi connectivity index (χ1n) is 28.7. The minimum atomic E-state index is -2.04. The molecule has 466 valence electrons. The first-order chi connectivity index (χ1) is 39.7. The molecule has 0 spiro atoms. The van der Waals surface area contributed by atoms with Gasteiger partial charge in [-0.2, -0.15) is 5.10 Å². The van der Waals surface area contributed by atoms with Crippen LogP contribution in [0.4, 0.5) is 5.69 Å². The molecule has 2 aromatic carbocycles. The Morgan fingerprint density at radius 2 is 1.56 bits per heavy atom. The SMILES string of the molecule is CC[C@@H](CO)NCCN[C@@H](CC)CO.CCc1cc(C(N)=S)ccn1.CO[C@H]1/C=C/O[C@@]2(C)Oc3c(C)c(O)c4c(O)c(c(/C=N/N5CCN(C)CC5)c(O)c4c3C2=O)NC(=O)/C(C)=C\C=C\[C@H](C)[C@H](O)[C@@H](C)[C@@H](O)[C@@H](C)[C@H](OC(C)=O)[C@@H]1C. The van der Waals surface area contributed by atoms with Gasteiger partial charge in [0.05, 0.1) is 66.2 Å². The van der Waals surface area contributed by atoms with E-state index >= 15 is 0 Å². The fraction of sp³-hybridized carbons (Fsp3) is 0.574. The van der Waals surface area contributed by atoms with Crippen molar-refractivity contribution < 1.29 is 69.1 Å². The number of aliphatic hydroxyl groups excluding tert-OH is 4. The largest absolute Gasteiger partial charge is 0.507 e.